The lowest BCUT2D eigenvalue weighted by atomic mass is 9.91. The van der Waals surface area contributed by atoms with E-state index in [-0.39, 0.29) is 18.3 Å². The average Bonchev–Trinajstić information content (AvgIpc) is 2.72. The highest BCUT2D eigenvalue weighted by Crippen LogP contribution is 2.28. The predicted octanol–water partition coefficient (Wildman–Crippen LogP) is 1.32. The van der Waals surface area contributed by atoms with Crippen molar-refractivity contribution in [1.82, 2.24) is 10.2 Å². The third kappa shape index (κ3) is 3.48. The molecule has 8 nitrogen and oxygen atoms in total. The molecular weight excluding hydrogens is 338 g/mol. The van der Waals surface area contributed by atoms with Gasteiger partial charge in [-0.05, 0) is 31.5 Å². The zero-order chi connectivity index (χ0) is 17.2. The van der Waals surface area contributed by atoms with Crippen molar-refractivity contribution in [3.63, 3.8) is 0 Å². The van der Waals surface area contributed by atoms with Crippen molar-refractivity contribution in [3.05, 3.63) is 35.4 Å². The maximum atomic E-state index is 12.4. The van der Waals surface area contributed by atoms with Gasteiger partial charge in [0.15, 0.2) is 0 Å². The van der Waals surface area contributed by atoms with Gasteiger partial charge in [-0.3, -0.25) is 19.9 Å². The molecule has 0 spiro atoms. The maximum absolute atomic E-state index is 12.4. The molecule has 1 atom stereocenters. The number of carboxylic acids is 1. The first-order chi connectivity index (χ1) is 10.8. The van der Waals surface area contributed by atoms with Gasteiger partial charge in [0.2, 0.25) is 5.90 Å². The second-order valence-corrected chi connectivity index (χ2v) is 5.18. The lowest BCUT2D eigenvalue weighted by Crippen LogP contribution is -2.41. The van der Waals surface area contributed by atoms with E-state index >= 15 is 0 Å². The Morgan fingerprint density at radius 2 is 1.92 bits per heavy atom. The topological polar surface area (TPSA) is 120 Å². The van der Waals surface area contributed by atoms with E-state index in [0.29, 0.717) is 22.6 Å². The number of amides is 3. The second kappa shape index (κ2) is 7.31. The Morgan fingerprint density at radius 3 is 2.42 bits per heavy atom. The molecule has 1 aliphatic rings. The molecule has 1 aliphatic heterocycles. The minimum Gasteiger partial charge on any atom is -0.480 e. The monoisotopic (exact) mass is 355 g/mol. The van der Waals surface area contributed by atoms with Crippen LogP contribution in [0.2, 0.25) is 0 Å². The van der Waals surface area contributed by atoms with Gasteiger partial charge in [0, 0.05) is 5.56 Å². The van der Waals surface area contributed by atoms with Gasteiger partial charge in [-0.15, -0.1) is 12.4 Å². The molecule has 0 radical (unpaired) electrons. The smallest absolute Gasteiger partial charge is 0.325 e. The average molecular weight is 356 g/mol. The molecule has 1 heterocycles. The fourth-order valence-electron chi connectivity index (χ4n) is 2.35. The first kappa shape index (κ1) is 19.4. The van der Waals surface area contributed by atoms with E-state index in [1.807, 2.05) is 0 Å². The summed E-state index contributed by atoms with van der Waals surface area (Å²) in [6, 6.07) is 5.68. The highest BCUT2D eigenvalue weighted by atomic mass is 35.5. The zero-order valence-electron chi connectivity index (χ0n) is 13.2. The van der Waals surface area contributed by atoms with E-state index in [2.05, 4.69) is 5.32 Å². The van der Waals surface area contributed by atoms with Crippen LogP contribution in [0, 0.1) is 5.41 Å². The molecule has 1 aromatic carbocycles. The Morgan fingerprint density at radius 1 is 1.33 bits per heavy atom. The number of carboxylic acid groups (broad SMARTS) is 1. The third-order valence-corrected chi connectivity index (χ3v) is 3.58. The van der Waals surface area contributed by atoms with Crippen LogP contribution in [0.3, 0.4) is 0 Å². The van der Waals surface area contributed by atoms with Crippen molar-refractivity contribution in [1.29, 1.82) is 5.41 Å². The summed E-state index contributed by atoms with van der Waals surface area (Å²) in [5.41, 5.74) is -0.297. The van der Waals surface area contributed by atoms with E-state index < -0.39 is 30.0 Å². The first-order valence-electron chi connectivity index (χ1n) is 6.97. The summed E-state index contributed by atoms with van der Waals surface area (Å²) >= 11 is 0. The number of hydrogen-bond acceptors (Lipinski definition) is 5. The summed E-state index contributed by atoms with van der Waals surface area (Å²) in [5, 5.41) is 19.0. The van der Waals surface area contributed by atoms with Crippen LogP contribution in [0.4, 0.5) is 4.79 Å². The number of carbonyl (C=O) groups is 3. The van der Waals surface area contributed by atoms with Crippen molar-refractivity contribution < 1.29 is 24.2 Å². The van der Waals surface area contributed by atoms with Gasteiger partial charge in [0.1, 0.15) is 12.1 Å². The van der Waals surface area contributed by atoms with E-state index in [1.54, 1.807) is 31.2 Å². The Labute approximate surface area is 144 Å². The van der Waals surface area contributed by atoms with E-state index in [4.69, 9.17) is 15.3 Å². The minimum atomic E-state index is -1.33. The number of nitrogens with one attached hydrogen (secondary N) is 2. The van der Waals surface area contributed by atoms with Crippen molar-refractivity contribution in [2.24, 2.45) is 0 Å². The molecule has 2 rings (SSSR count). The van der Waals surface area contributed by atoms with Crippen LogP contribution < -0.4 is 5.32 Å². The number of rotatable bonds is 5. The van der Waals surface area contributed by atoms with Gasteiger partial charge < -0.3 is 15.2 Å². The van der Waals surface area contributed by atoms with Gasteiger partial charge in [-0.25, -0.2) is 4.79 Å². The molecule has 3 amide bonds. The molecule has 1 aromatic rings. The van der Waals surface area contributed by atoms with Gasteiger partial charge in [0.25, 0.3) is 5.91 Å². The highest BCUT2D eigenvalue weighted by Gasteiger charge is 2.49. The number of hydrogen-bond donors (Lipinski definition) is 3. The lowest BCUT2D eigenvalue weighted by molar-refractivity contribution is -0.142. The molecule has 24 heavy (non-hydrogen) atoms. The first-order valence-corrected chi connectivity index (χ1v) is 6.97. The Bertz CT molecular complexity index is 676. The van der Waals surface area contributed by atoms with Gasteiger partial charge in [-0.2, -0.15) is 0 Å². The summed E-state index contributed by atoms with van der Waals surface area (Å²) < 4.78 is 5.09. The molecule has 0 saturated carbocycles. The maximum Gasteiger partial charge on any atom is 0.325 e. The minimum absolute atomic E-state index is 0. The Hall–Kier alpha value is -2.61. The molecule has 0 aromatic heterocycles. The number of ether oxygens (including phenoxy) is 1. The molecule has 1 fully saturated rings. The number of halogens is 1. The number of nitrogens with zero attached hydrogens (tertiary/aromatic N) is 1. The summed E-state index contributed by atoms with van der Waals surface area (Å²) in [7, 11) is 0. The van der Waals surface area contributed by atoms with Crippen LogP contribution >= 0.6 is 12.4 Å². The predicted molar refractivity (Wildman–Crippen MR) is 87.4 cm³/mol. The van der Waals surface area contributed by atoms with Gasteiger partial charge in [-0.1, -0.05) is 12.1 Å². The summed E-state index contributed by atoms with van der Waals surface area (Å²) in [4.78, 5) is 35.7. The van der Waals surface area contributed by atoms with Crippen molar-refractivity contribution in [2.75, 3.05) is 13.2 Å². The molecule has 0 bridgehead atoms. The van der Waals surface area contributed by atoms with Crippen LogP contribution in [0.25, 0.3) is 0 Å². The molecule has 0 aliphatic carbocycles. The summed E-state index contributed by atoms with van der Waals surface area (Å²) in [5.74, 6) is -1.88. The van der Waals surface area contributed by atoms with Crippen LogP contribution in [0.1, 0.15) is 25.0 Å². The van der Waals surface area contributed by atoms with Gasteiger partial charge in [0.05, 0.1) is 6.61 Å². The number of aliphatic carboxylic acids is 1. The van der Waals surface area contributed by atoms with Crippen LogP contribution in [-0.2, 0) is 19.9 Å². The van der Waals surface area contributed by atoms with E-state index in [0.717, 1.165) is 0 Å². The normalized spacial score (nSPS) is 19.5. The molecular formula is C15H18ClN3O5. The molecule has 0 unspecified atom stereocenters. The largest absolute Gasteiger partial charge is 0.480 e. The number of carbonyl (C=O) groups excluding carboxylic acids is 2. The highest BCUT2D eigenvalue weighted by molar-refractivity contribution is 6.08. The van der Waals surface area contributed by atoms with Crippen molar-refractivity contribution in [2.45, 2.75) is 19.4 Å². The second-order valence-electron chi connectivity index (χ2n) is 5.18. The molecule has 9 heteroatoms. The van der Waals surface area contributed by atoms with Crippen molar-refractivity contribution in [3.8, 4) is 0 Å². The summed E-state index contributed by atoms with van der Waals surface area (Å²) in [6.45, 7) is 2.97. The van der Waals surface area contributed by atoms with E-state index in [1.165, 1.54) is 6.92 Å². The quantitative estimate of drug-likeness (QED) is 0.418. The third-order valence-electron chi connectivity index (χ3n) is 3.58. The Balaban J connectivity index is 0.00000288. The number of imide groups is 1. The van der Waals surface area contributed by atoms with Crippen molar-refractivity contribution >= 4 is 36.2 Å². The SMILES string of the molecule is CCOC(=N)c1ccc([C@]2(C)NC(=O)N(CC(=O)O)C2=O)cc1.Cl. The van der Waals surface area contributed by atoms with Crippen LogP contribution in [-0.4, -0.2) is 47.0 Å². The van der Waals surface area contributed by atoms with Crippen LogP contribution in [0.5, 0.6) is 0 Å². The van der Waals surface area contributed by atoms with E-state index in [9.17, 15) is 14.4 Å². The standard InChI is InChI=1S/C15H17N3O5.ClH/c1-3-23-12(16)9-4-6-10(7-5-9)15(2)13(21)18(8-11(19)20)14(22)17-15;/h4-7,16H,3,8H2,1-2H3,(H,17,22)(H,19,20);1H/t15-;/m0./s1. The van der Waals surface area contributed by atoms with Gasteiger partial charge >= 0.3 is 12.0 Å². The number of benzene rings is 1. The molecule has 130 valence electrons. The molecule has 1 saturated heterocycles. The fraction of sp³-hybridized carbons (Fsp3) is 0.333. The fourth-order valence-corrected chi connectivity index (χ4v) is 2.35. The summed E-state index contributed by atoms with van der Waals surface area (Å²) in [6.07, 6.45) is 0. The zero-order valence-corrected chi connectivity index (χ0v) is 14.0. The van der Waals surface area contributed by atoms with Crippen LogP contribution in [0.15, 0.2) is 24.3 Å². The Kier molecular flexibility index (Phi) is 5.92. The number of urea groups is 1. The molecule has 3 N–H and O–H groups in total. The lowest BCUT2D eigenvalue weighted by Gasteiger charge is -2.22.